The van der Waals surface area contributed by atoms with Crippen molar-refractivity contribution in [2.45, 2.75) is 12.8 Å². The molecule has 0 bridgehead atoms. The Kier molecular flexibility index (Phi) is 3.74. The zero-order valence-corrected chi connectivity index (χ0v) is 12.9. The Labute approximate surface area is 126 Å². The highest BCUT2D eigenvalue weighted by atomic mass is 32.1. The van der Waals surface area contributed by atoms with E-state index in [-0.39, 0.29) is 5.91 Å². The van der Waals surface area contributed by atoms with E-state index in [0.717, 1.165) is 17.8 Å². The molecule has 0 fully saturated rings. The minimum atomic E-state index is -0.0305. The van der Waals surface area contributed by atoms with Crippen molar-refractivity contribution < 1.29 is 4.79 Å². The van der Waals surface area contributed by atoms with Gasteiger partial charge in [0.15, 0.2) is 4.96 Å². The van der Waals surface area contributed by atoms with Gasteiger partial charge in [-0.3, -0.25) is 13.9 Å². The molecule has 3 rings (SSSR count). The minimum Gasteiger partial charge on any atom is -0.340 e. The van der Waals surface area contributed by atoms with Gasteiger partial charge in [-0.05, 0) is 18.4 Å². The van der Waals surface area contributed by atoms with Crippen molar-refractivity contribution in [3.63, 3.8) is 0 Å². The maximum atomic E-state index is 12.3. The van der Waals surface area contributed by atoms with Crippen molar-refractivity contribution in [2.24, 2.45) is 7.05 Å². The van der Waals surface area contributed by atoms with Crippen molar-refractivity contribution in [1.29, 1.82) is 0 Å². The van der Waals surface area contributed by atoms with Gasteiger partial charge in [-0.2, -0.15) is 5.10 Å². The number of carbonyl (C=O) groups excluding carboxylic acids is 1. The Morgan fingerprint density at radius 1 is 1.43 bits per heavy atom. The number of imidazole rings is 1. The fourth-order valence-corrected chi connectivity index (χ4v) is 2.95. The normalized spacial score (nSPS) is 11.1. The largest absolute Gasteiger partial charge is 0.340 e. The average Bonchev–Trinajstić information content (AvgIpc) is 3.13. The number of amides is 1. The molecule has 0 unspecified atom stereocenters. The minimum absolute atomic E-state index is 0.0305. The molecule has 0 spiro atoms. The van der Waals surface area contributed by atoms with Crippen LogP contribution in [-0.2, 0) is 13.5 Å². The maximum Gasteiger partial charge on any atom is 0.273 e. The lowest BCUT2D eigenvalue weighted by Gasteiger charge is -2.15. The van der Waals surface area contributed by atoms with Crippen LogP contribution in [0.5, 0.6) is 0 Å². The molecule has 3 aromatic heterocycles. The highest BCUT2D eigenvalue weighted by molar-refractivity contribution is 7.15. The molecule has 3 heterocycles. The van der Waals surface area contributed by atoms with Crippen molar-refractivity contribution in [1.82, 2.24) is 24.1 Å². The van der Waals surface area contributed by atoms with Crippen molar-refractivity contribution >= 4 is 22.2 Å². The molecule has 0 atom stereocenters. The van der Waals surface area contributed by atoms with Crippen LogP contribution in [0, 0.1) is 0 Å². The summed E-state index contributed by atoms with van der Waals surface area (Å²) < 4.78 is 3.67. The van der Waals surface area contributed by atoms with Crippen molar-refractivity contribution in [2.75, 3.05) is 13.6 Å². The number of rotatable bonds is 5. The smallest absolute Gasteiger partial charge is 0.273 e. The summed E-state index contributed by atoms with van der Waals surface area (Å²) >= 11 is 1.53. The van der Waals surface area contributed by atoms with Crippen LogP contribution >= 0.6 is 11.3 Å². The maximum absolute atomic E-state index is 12.3. The average molecular weight is 303 g/mol. The van der Waals surface area contributed by atoms with Crippen molar-refractivity contribution in [3.05, 3.63) is 41.4 Å². The summed E-state index contributed by atoms with van der Waals surface area (Å²) in [7, 11) is 3.72. The lowest BCUT2D eigenvalue weighted by molar-refractivity contribution is 0.0788. The third-order valence-electron chi connectivity index (χ3n) is 3.38. The topological polar surface area (TPSA) is 55.4 Å². The summed E-state index contributed by atoms with van der Waals surface area (Å²) in [5.41, 5.74) is 1.70. The number of hydrogen-bond donors (Lipinski definition) is 0. The molecule has 1 amide bonds. The number of aryl methyl sites for hydroxylation is 2. The van der Waals surface area contributed by atoms with Gasteiger partial charge in [0.25, 0.3) is 5.91 Å². The molecular formula is C14H17N5OS. The summed E-state index contributed by atoms with van der Waals surface area (Å²) in [5.74, 6) is -0.0305. The van der Waals surface area contributed by atoms with E-state index in [1.165, 1.54) is 16.9 Å². The van der Waals surface area contributed by atoms with Gasteiger partial charge in [-0.25, -0.2) is 4.98 Å². The monoisotopic (exact) mass is 303 g/mol. The van der Waals surface area contributed by atoms with Crippen LogP contribution < -0.4 is 0 Å². The van der Waals surface area contributed by atoms with Gasteiger partial charge in [0.05, 0.1) is 6.20 Å². The molecule has 0 radical (unpaired) electrons. The molecule has 0 aromatic carbocycles. The summed E-state index contributed by atoms with van der Waals surface area (Å²) in [5, 5.41) is 6.09. The first-order chi connectivity index (χ1) is 10.1. The van der Waals surface area contributed by atoms with E-state index in [1.807, 2.05) is 42.5 Å². The molecule has 0 N–H and O–H groups in total. The van der Waals surface area contributed by atoms with Crippen LogP contribution in [0.25, 0.3) is 4.96 Å². The summed E-state index contributed by atoms with van der Waals surface area (Å²) in [6.45, 7) is 0.707. The van der Waals surface area contributed by atoms with Crippen LogP contribution in [0.2, 0.25) is 0 Å². The lowest BCUT2D eigenvalue weighted by Crippen LogP contribution is -2.28. The van der Waals surface area contributed by atoms with Gasteiger partial charge in [0.1, 0.15) is 5.69 Å². The Balaban J connectivity index is 1.56. The van der Waals surface area contributed by atoms with Crippen molar-refractivity contribution in [3.8, 4) is 0 Å². The molecule has 0 aliphatic heterocycles. The Bertz CT molecular complexity index is 728. The van der Waals surface area contributed by atoms with Crippen LogP contribution in [0.4, 0.5) is 0 Å². The van der Waals surface area contributed by atoms with Crippen LogP contribution in [0.3, 0.4) is 0 Å². The first kappa shape index (κ1) is 13.8. The molecule has 7 heteroatoms. The second kappa shape index (κ2) is 5.69. The van der Waals surface area contributed by atoms with E-state index < -0.39 is 0 Å². The standard InChI is InChI=1S/C14H17N5OS/c1-17(5-3-4-11-8-15-18(2)9-11)13(20)12-10-19-6-7-21-14(19)16-12/h6-10H,3-5H2,1-2H3. The molecule has 110 valence electrons. The number of carbonyl (C=O) groups is 1. The molecule has 21 heavy (non-hydrogen) atoms. The molecule has 0 aliphatic rings. The number of nitrogens with zero attached hydrogens (tertiary/aromatic N) is 5. The van der Waals surface area contributed by atoms with E-state index in [4.69, 9.17) is 0 Å². The fraction of sp³-hybridized carbons (Fsp3) is 0.357. The van der Waals surface area contributed by atoms with Gasteiger partial charge in [0.2, 0.25) is 0 Å². The molecule has 0 saturated carbocycles. The van der Waals surface area contributed by atoms with E-state index in [0.29, 0.717) is 12.2 Å². The number of fused-ring (bicyclic) bond motifs is 1. The van der Waals surface area contributed by atoms with Crippen LogP contribution in [-0.4, -0.2) is 43.6 Å². The zero-order valence-electron chi connectivity index (χ0n) is 12.1. The Morgan fingerprint density at radius 2 is 2.29 bits per heavy atom. The Hall–Kier alpha value is -2.15. The summed E-state index contributed by atoms with van der Waals surface area (Å²) in [6, 6.07) is 0. The molecule has 6 nitrogen and oxygen atoms in total. The van der Waals surface area contributed by atoms with E-state index in [2.05, 4.69) is 10.1 Å². The molecule has 0 aliphatic carbocycles. The van der Waals surface area contributed by atoms with Gasteiger partial charge < -0.3 is 4.90 Å². The quantitative estimate of drug-likeness (QED) is 0.722. The first-order valence-corrected chi connectivity index (χ1v) is 7.66. The zero-order chi connectivity index (χ0) is 14.8. The third-order valence-corrected chi connectivity index (χ3v) is 4.15. The SMILES string of the molecule is CN(CCCc1cnn(C)c1)C(=O)c1cn2ccsc2n1. The molecule has 0 saturated heterocycles. The lowest BCUT2D eigenvalue weighted by atomic mass is 10.2. The van der Waals surface area contributed by atoms with Gasteiger partial charge in [-0.15, -0.1) is 11.3 Å². The third kappa shape index (κ3) is 2.97. The van der Waals surface area contributed by atoms with E-state index >= 15 is 0 Å². The van der Waals surface area contributed by atoms with Gasteiger partial charge in [0, 0.05) is 44.6 Å². The van der Waals surface area contributed by atoms with Crippen LogP contribution in [0.15, 0.2) is 30.2 Å². The number of thiazole rings is 1. The molecular weight excluding hydrogens is 286 g/mol. The number of hydrogen-bond acceptors (Lipinski definition) is 4. The fourth-order valence-electron chi connectivity index (χ4n) is 2.25. The first-order valence-electron chi connectivity index (χ1n) is 6.78. The summed E-state index contributed by atoms with van der Waals surface area (Å²) in [4.78, 5) is 19.2. The molecule has 3 aromatic rings. The van der Waals surface area contributed by atoms with E-state index in [9.17, 15) is 4.79 Å². The predicted octanol–water partition coefficient (Wildman–Crippen LogP) is 1.83. The second-order valence-corrected chi connectivity index (χ2v) is 5.94. The predicted molar refractivity (Wildman–Crippen MR) is 81.6 cm³/mol. The highest BCUT2D eigenvalue weighted by Gasteiger charge is 2.15. The Morgan fingerprint density at radius 3 is 3.00 bits per heavy atom. The van der Waals surface area contributed by atoms with Gasteiger partial charge >= 0.3 is 0 Å². The highest BCUT2D eigenvalue weighted by Crippen LogP contribution is 2.13. The van der Waals surface area contributed by atoms with E-state index in [1.54, 1.807) is 15.8 Å². The second-order valence-electron chi connectivity index (χ2n) is 5.07. The summed E-state index contributed by atoms with van der Waals surface area (Å²) in [6.07, 6.45) is 9.40. The number of aromatic nitrogens is 4. The van der Waals surface area contributed by atoms with Crippen LogP contribution in [0.1, 0.15) is 22.5 Å². The van der Waals surface area contributed by atoms with Gasteiger partial charge in [-0.1, -0.05) is 0 Å².